The summed E-state index contributed by atoms with van der Waals surface area (Å²) in [4.78, 5) is 4.84. The molecule has 1 aliphatic rings. The van der Waals surface area contributed by atoms with E-state index in [0.717, 1.165) is 51.4 Å². The lowest BCUT2D eigenvalue weighted by Crippen LogP contribution is -2.43. The number of nitrogens with zero attached hydrogens (tertiary/aromatic N) is 3. The summed E-state index contributed by atoms with van der Waals surface area (Å²) in [5.41, 5.74) is 4.61. The molecule has 1 aliphatic heterocycles. The Hall–Kier alpha value is -4.60. The largest absolute Gasteiger partial charge is 0.507 e. The highest BCUT2D eigenvalue weighted by Crippen LogP contribution is 2.34. The maximum atomic E-state index is 11.1. The third-order valence-corrected chi connectivity index (χ3v) is 7.27. The number of aromatic hydroxyl groups is 2. The van der Waals surface area contributed by atoms with Crippen LogP contribution >= 0.6 is 0 Å². The lowest BCUT2D eigenvalue weighted by atomic mass is 10.1. The number of amidine groups is 2. The van der Waals surface area contributed by atoms with Gasteiger partial charge in [0, 0.05) is 18.2 Å². The molecule has 10 nitrogen and oxygen atoms in total. The Labute approximate surface area is 272 Å². The van der Waals surface area contributed by atoms with Crippen LogP contribution < -0.4 is 29.5 Å². The minimum absolute atomic E-state index is 0.00978. The van der Waals surface area contributed by atoms with Crippen LogP contribution in [-0.2, 0) is 0 Å². The van der Waals surface area contributed by atoms with Gasteiger partial charge in [-0.05, 0) is 62.1 Å². The molecular formula is C36H48N4O6. The van der Waals surface area contributed by atoms with Gasteiger partial charge in [0.25, 0.3) is 0 Å². The highest BCUT2D eigenvalue weighted by molar-refractivity contribution is 6.15. The Bertz CT molecular complexity index is 1470. The van der Waals surface area contributed by atoms with E-state index in [0.29, 0.717) is 77.9 Å². The first-order valence-corrected chi connectivity index (χ1v) is 16.5. The van der Waals surface area contributed by atoms with Crippen LogP contribution in [0.2, 0.25) is 0 Å². The quantitative estimate of drug-likeness (QED) is 0.114. The Balaban J connectivity index is 1.74. The molecule has 3 aromatic carbocycles. The van der Waals surface area contributed by atoms with Gasteiger partial charge in [0.05, 0.1) is 37.6 Å². The second-order valence-electron chi connectivity index (χ2n) is 11.1. The van der Waals surface area contributed by atoms with E-state index < -0.39 is 0 Å². The highest BCUT2D eigenvalue weighted by Gasteiger charge is 2.25. The van der Waals surface area contributed by atoms with Crippen molar-refractivity contribution in [2.75, 3.05) is 31.5 Å². The van der Waals surface area contributed by atoms with E-state index in [1.165, 1.54) is 5.12 Å². The van der Waals surface area contributed by atoms with Crippen molar-refractivity contribution in [3.8, 4) is 34.5 Å². The first-order chi connectivity index (χ1) is 22.5. The molecule has 46 heavy (non-hydrogen) atoms. The van der Waals surface area contributed by atoms with E-state index >= 15 is 0 Å². The fraction of sp³-hybridized carbons (Fsp3) is 0.444. The summed E-state index contributed by atoms with van der Waals surface area (Å²) in [5.74, 6) is 3.02. The fourth-order valence-corrected chi connectivity index (χ4v) is 4.52. The van der Waals surface area contributed by atoms with E-state index in [9.17, 15) is 10.2 Å². The molecule has 0 radical (unpaired) electrons. The monoisotopic (exact) mass is 632 g/mol. The lowest BCUT2D eigenvalue weighted by molar-refractivity contribution is 0.294. The zero-order chi connectivity index (χ0) is 32.7. The Morgan fingerprint density at radius 3 is 1.65 bits per heavy atom. The molecular weight excluding hydrogens is 584 g/mol. The number of hydrogen-bond donors (Lipinski definition) is 3. The molecule has 0 aliphatic carbocycles. The van der Waals surface area contributed by atoms with Gasteiger partial charge in [-0.2, -0.15) is 5.12 Å². The van der Waals surface area contributed by atoms with Crippen LogP contribution in [0, 0.1) is 0 Å². The predicted octanol–water partition coefficient (Wildman–Crippen LogP) is 7.95. The topological polar surface area (TPSA) is 117 Å². The van der Waals surface area contributed by atoms with Crippen LogP contribution in [0.15, 0.2) is 64.7 Å². The zero-order valence-electron chi connectivity index (χ0n) is 27.6. The number of unbranched alkanes of at least 4 members (excludes halogenated alkanes) is 4. The number of nitrogens with one attached hydrogen (secondary N) is 1. The molecule has 0 saturated heterocycles. The van der Waals surface area contributed by atoms with Crippen molar-refractivity contribution in [2.24, 2.45) is 10.1 Å². The number of hydrazone groups is 1. The number of rotatable bonds is 19. The zero-order valence-corrected chi connectivity index (χ0v) is 27.6. The van der Waals surface area contributed by atoms with Crippen molar-refractivity contribution in [2.45, 2.75) is 79.1 Å². The van der Waals surface area contributed by atoms with Gasteiger partial charge in [-0.3, -0.25) is 5.43 Å². The average Bonchev–Trinajstić information content (AvgIpc) is 3.05. The molecule has 4 rings (SSSR count). The maximum absolute atomic E-state index is 11.1. The summed E-state index contributed by atoms with van der Waals surface area (Å²) in [7, 11) is 0. The van der Waals surface area contributed by atoms with Crippen molar-refractivity contribution < 1.29 is 29.2 Å². The first-order valence-electron chi connectivity index (χ1n) is 16.5. The molecule has 3 aromatic rings. The van der Waals surface area contributed by atoms with Gasteiger partial charge in [0.15, 0.2) is 11.7 Å². The lowest BCUT2D eigenvalue weighted by Gasteiger charge is -2.28. The Morgan fingerprint density at radius 1 is 0.609 bits per heavy atom. The number of hydrazine groups is 1. The fourth-order valence-electron chi connectivity index (χ4n) is 4.52. The van der Waals surface area contributed by atoms with Gasteiger partial charge < -0.3 is 29.2 Å². The number of benzene rings is 3. The normalized spacial score (nSPS) is 12.7. The number of anilines is 1. The predicted molar refractivity (Wildman–Crippen MR) is 183 cm³/mol. The smallest absolute Gasteiger partial charge is 0.187 e. The van der Waals surface area contributed by atoms with Crippen LogP contribution in [0.5, 0.6) is 34.5 Å². The molecule has 0 saturated carbocycles. The van der Waals surface area contributed by atoms with Gasteiger partial charge in [-0.25, -0.2) is 4.99 Å². The van der Waals surface area contributed by atoms with E-state index in [1.807, 2.05) is 18.2 Å². The summed E-state index contributed by atoms with van der Waals surface area (Å²) >= 11 is 0. The Kier molecular flexibility index (Phi) is 13.2. The van der Waals surface area contributed by atoms with Crippen molar-refractivity contribution in [1.82, 2.24) is 5.43 Å². The molecule has 0 unspecified atom stereocenters. The molecule has 248 valence electrons. The summed E-state index contributed by atoms with van der Waals surface area (Å²) in [6.45, 7) is 10.7. The Morgan fingerprint density at radius 2 is 1.11 bits per heavy atom. The summed E-state index contributed by atoms with van der Waals surface area (Å²) in [5, 5.41) is 28.4. The molecule has 3 N–H and O–H groups in total. The minimum Gasteiger partial charge on any atom is -0.507 e. The second kappa shape index (κ2) is 17.8. The summed E-state index contributed by atoms with van der Waals surface area (Å²) < 4.78 is 23.8. The van der Waals surface area contributed by atoms with Crippen molar-refractivity contribution in [3.05, 3.63) is 65.7 Å². The van der Waals surface area contributed by atoms with E-state index in [4.69, 9.17) is 29.0 Å². The van der Waals surface area contributed by atoms with Gasteiger partial charge in [-0.15, -0.1) is 5.10 Å². The number of phenolic OH excluding ortho intramolecular Hbond substituents is 2. The molecule has 0 amide bonds. The highest BCUT2D eigenvalue weighted by atomic mass is 16.5. The molecule has 0 fully saturated rings. The number of hydrogen-bond acceptors (Lipinski definition) is 10. The van der Waals surface area contributed by atoms with Gasteiger partial charge in [0.2, 0.25) is 0 Å². The van der Waals surface area contributed by atoms with Crippen molar-refractivity contribution >= 4 is 17.4 Å². The van der Waals surface area contributed by atoms with Crippen LogP contribution in [0.3, 0.4) is 0 Å². The molecule has 1 heterocycles. The van der Waals surface area contributed by atoms with E-state index in [-0.39, 0.29) is 11.5 Å². The van der Waals surface area contributed by atoms with Crippen LogP contribution in [0.1, 0.15) is 90.2 Å². The van der Waals surface area contributed by atoms with Crippen molar-refractivity contribution in [1.29, 1.82) is 0 Å². The molecule has 0 aromatic heterocycles. The summed E-state index contributed by atoms with van der Waals surface area (Å²) in [6, 6.07) is 15.8. The van der Waals surface area contributed by atoms with Crippen molar-refractivity contribution in [3.63, 3.8) is 0 Å². The second-order valence-corrected chi connectivity index (χ2v) is 11.1. The average molecular weight is 633 g/mol. The summed E-state index contributed by atoms with van der Waals surface area (Å²) in [6.07, 6.45) is 7.71. The van der Waals surface area contributed by atoms with Crippen LogP contribution in [0.4, 0.5) is 5.69 Å². The van der Waals surface area contributed by atoms with Crippen LogP contribution in [0.25, 0.3) is 0 Å². The third-order valence-electron chi connectivity index (χ3n) is 7.27. The maximum Gasteiger partial charge on any atom is 0.187 e. The molecule has 10 heteroatoms. The number of aliphatic imine (C=N–C) groups is 1. The molecule has 0 bridgehead atoms. The first kappa shape index (κ1) is 34.3. The SMILES string of the molecule is CCCCOc1ccc(C2=NC(c3ccc(OCCCC)cc3OCCCC)=NN(c3ccc(OCCCC)cc3O)N2)c(O)c1. The number of ether oxygens (including phenoxy) is 4. The molecule has 0 spiro atoms. The number of phenols is 2. The van der Waals surface area contributed by atoms with Gasteiger partial charge in [-0.1, -0.05) is 53.4 Å². The van der Waals surface area contributed by atoms with Gasteiger partial charge in [0.1, 0.15) is 40.2 Å². The molecule has 0 atom stereocenters. The van der Waals surface area contributed by atoms with E-state index in [2.05, 4.69) is 33.1 Å². The third kappa shape index (κ3) is 9.45. The van der Waals surface area contributed by atoms with E-state index in [1.54, 1.807) is 36.4 Å². The standard InChI is InChI=1S/C36H48N4O6/c1-5-9-19-43-26-13-16-29(32(41)23-26)35-37-36(30-17-14-28(45-21-11-7-3)25-34(30)46-22-12-8-4)39-40(38-35)31-18-15-27(24-33(31)42)44-20-10-6-2/h13-18,23-25,41-42H,5-12,19-22H2,1-4H3,(H,37,38,39). The van der Waals surface area contributed by atoms with Crippen LogP contribution in [-0.4, -0.2) is 48.3 Å². The van der Waals surface area contributed by atoms with Gasteiger partial charge >= 0.3 is 0 Å². The minimum atomic E-state index is -0.0335.